The summed E-state index contributed by atoms with van der Waals surface area (Å²) in [5, 5.41) is 14.4. The maximum atomic E-state index is 12.7. The smallest absolute Gasteiger partial charge is 0.347 e. The van der Waals surface area contributed by atoms with Crippen molar-refractivity contribution in [2.24, 2.45) is 0 Å². The summed E-state index contributed by atoms with van der Waals surface area (Å²) in [5.74, 6) is -4.92. The number of methoxy groups -OCH3 is 1. The molecular weight excluding hydrogens is 556 g/mol. The number of aliphatic hydroxyl groups is 1. The molecule has 5 unspecified atom stereocenters. The number of hydrogen-bond donors (Lipinski definition) is 3. The molecule has 0 aliphatic heterocycles. The van der Waals surface area contributed by atoms with Crippen LogP contribution in [0.3, 0.4) is 0 Å². The molecule has 2 amide bonds. The molecule has 234 valence electrons. The number of ether oxygens (including phenoxy) is 5. The van der Waals surface area contributed by atoms with Gasteiger partial charge in [0.15, 0.2) is 18.3 Å². The van der Waals surface area contributed by atoms with E-state index in [1.807, 2.05) is 0 Å². The van der Waals surface area contributed by atoms with Crippen LogP contribution < -0.4 is 10.6 Å². The molecule has 0 saturated carbocycles. The van der Waals surface area contributed by atoms with E-state index in [2.05, 4.69) is 10.6 Å². The predicted octanol–water partition coefficient (Wildman–Crippen LogP) is 0.437. The molecule has 0 aromatic heterocycles. The van der Waals surface area contributed by atoms with Crippen LogP contribution in [-0.2, 0) is 47.7 Å². The lowest BCUT2D eigenvalue weighted by molar-refractivity contribution is -0.181. The number of aliphatic hydroxyl groups excluding tert-OH is 1. The minimum atomic E-state index is -1.46. The van der Waals surface area contributed by atoms with E-state index >= 15 is 0 Å². The van der Waals surface area contributed by atoms with Crippen molar-refractivity contribution in [2.45, 2.75) is 77.4 Å². The molecule has 1 rings (SSSR count). The molecule has 3 N–H and O–H groups in total. The maximum Gasteiger partial charge on any atom is 0.347 e. The molecule has 0 saturated heterocycles. The van der Waals surface area contributed by atoms with E-state index in [4.69, 9.17) is 28.8 Å². The van der Waals surface area contributed by atoms with Crippen LogP contribution in [0.4, 0.5) is 0 Å². The Morgan fingerprint density at radius 3 is 1.90 bits per heavy atom. The SMILES string of the molecule is COCCOC(=O)C(CCCCNC(=O)c1ccccc1)NC(=O)C(C)OC(=O)C(C)OC(=O)C(C)OC(=O)C(C)O. The highest BCUT2D eigenvalue weighted by atomic mass is 16.6. The number of carbonyl (C=O) groups is 6. The number of carbonyl (C=O) groups excluding carboxylic acids is 6. The lowest BCUT2D eigenvalue weighted by Crippen LogP contribution is -2.47. The van der Waals surface area contributed by atoms with E-state index in [1.165, 1.54) is 27.9 Å². The van der Waals surface area contributed by atoms with Crippen molar-refractivity contribution in [3.63, 3.8) is 0 Å². The molecule has 1 aromatic rings. The molecule has 0 radical (unpaired) electrons. The summed E-state index contributed by atoms with van der Waals surface area (Å²) in [7, 11) is 1.44. The summed E-state index contributed by atoms with van der Waals surface area (Å²) in [6.45, 7) is 5.27. The van der Waals surface area contributed by atoms with E-state index in [-0.39, 0.29) is 25.5 Å². The summed E-state index contributed by atoms with van der Waals surface area (Å²) in [6, 6.07) is 7.61. The number of benzene rings is 1. The minimum Gasteiger partial charge on any atom is -0.462 e. The molecule has 0 aliphatic rings. The largest absolute Gasteiger partial charge is 0.462 e. The third-order valence-corrected chi connectivity index (χ3v) is 5.63. The molecule has 1 aromatic carbocycles. The molecule has 42 heavy (non-hydrogen) atoms. The third-order valence-electron chi connectivity index (χ3n) is 5.63. The zero-order valence-corrected chi connectivity index (χ0v) is 24.5. The van der Waals surface area contributed by atoms with Crippen molar-refractivity contribution in [3.05, 3.63) is 35.9 Å². The van der Waals surface area contributed by atoms with Crippen LogP contribution in [0.2, 0.25) is 0 Å². The van der Waals surface area contributed by atoms with Crippen molar-refractivity contribution < 1.29 is 57.6 Å². The molecule has 14 heteroatoms. The molecule has 5 atom stereocenters. The van der Waals surface area contributed by atoms with Gasteiger partial charge in [0, 0.05) is 19.2 Å². The second-order valence-corrected chi connectivity index (χ2v) is 9.25. The molecule has 14 nitrogen and oxygen atoms in total. The van der Waals surface area contributed by atoms with Gasteiger partial charge in [-0.1, -0.05) is 18.2 Å². The molecule has 0 heterocycles. The van der Waals surface area contributed by atoms with Crippen LogP contribution in [0, 0.1) is 0 Å². The normalized spacial score (nSPS) is 14.2. The second kappa shape index (κ2) is 19.1. The van der Waals surface area contributed by atoms with Gasteiger partial charge in [0.05, 0.1) is 6.61 Å². The van der Waals surface area contributed by atoms with Gasteiger partial charge in [0.1, 0.15) is 18.8 Å². The Hall–Kier alpha value is -4.04. The molecule has 0 fully saturated rings. The lowest BCUT2D eigenvalue weighted by atomic mass is 10.1. The monoisotopic (exact) mass is 596 g/mol. The predicted molar refractivity (Wildman–Crippen MR) is 146 cm³/mol. The number of esters is 4. The fourth-order valence-corrected chi connectivity index (χ4v) is 3.19. The van der Waals surface area contributed by atoms with Crippen LogP contribution in [0.25, 0.3) is 0 Å². The molecule has 0 spiro atoms. The van der Waals surface area contributed by atoms with Crippen molar-refractivity contribution >= 4 is 35.7 Å². The highest BCUT2D eigenvalue weighted by Gasteiger charge is 2.30. The van der Waals surface area contributed by atoms with E-state index in [9.17, 15) is 28.8 Å². The van der Waals surface area contributed by atoms with Crippen LogP contribution in [0.5, 0.6) is 0 Å². The Balaban J connectivity index is 2.62. The van der Waals surface area contributed by atoms with E-state index in [0.717, 1.165) is 6.92 Å². The Morgan fingerprint density at radius 2 is 1.33 bits per heavy atom. The van der Waals surface area contributed by atoms with Gasteiger partial charge in [-0.3, -0.25) is 9.59 Å². The van der Waals surface area contributed by atoms with E-state index in [1.54, 1.807) is 30.3 Å². The number of rotatable bonds is 18. The maximum absolute atomic E-state index is 12.7. The average Bonchev–Trinajstić information content (AvgIpc) is 2.96. The fourth-order valence-electron chi connectivity index (χ4n) is 3.19. The quantitative estimate of drug-likeness (QED) is 0.120. The summed E-state index contributed by atoms with van der Waals surface area (Å²) >= 11 is 0. The topological polar surface area (TPSA) is 193 Å². The van der Waals surface area contributed by atoms with E-state index < -0.39 is 60.2 Å². The first-order valence-electron chi connectivity index (χ1n) is 13.5. The Labute approximate surface area is 244 Å². The van der Waals surface area contributed by atoms with Gasteiger partial charge in [-0.2, -0.15) is 0 Å². The first kappa shape index (κ1) is 36.0. The van der Waals surface area contributed by atoms with Gasteiger partial charge >= 0.3 is 23.9 Å². The van der Waals surface area contributed by atoms with Crippen LogP contribution >= 0.6 is 0 Å². The minimum absolute atomic E-state index is 0.0345. The Morgan fingerprint density at radius 1 is 0.762 bits per heavy atom. The zero-order valence-electron chi connectivity index (χ0n) is 24.5. The van der Waals surface area contributed by atoms with Gasteiger partial charge in [0.2, 0.25) is 0 Å². The van der Waals surface area contributed by atoms with Crippen molar-refractivity contribution in [3.8, 4) is 0 Å². The summed E-state index contributed by atoms with van der Waals surface area (Å²) in [5.41, 5.74) is 0.520. The van der Waals surface area contributed by atoms with Gasteiger partial charge in [-0.15, -0.1) is 0 Å². The first-order chi connectivity index (χ1) is 19.9. The van der Waals surface area contributed by atoms with Crippen molar-refractivity contribution in [2.75, 3.05) is 26.9 Å². The third kappa shape index (κ3) is 13.5. The molecule has 0 aliphatic carbocycles. The van der Waals surface area contributed by atoms with Crippen LogP contribution in [0.1, 0.15) is 57.3 Å². The van der Waals surface area contributed by atoms with Crippen LogP contribution in [0.15, 0.2) is 30.3 Å². The second-order valence-electron chi connectivity index (χ2n) is 9.25. The summed E-state index contributed by atoms with van der Waals surface area (Å²) in [6.07, 6.45) is -4.56. The first-order valence-corrected chi connectivity index (χ1v) is 13.5. The van der Waals surface area contributed by atoms with Gasteiger partial charge in [-0.25, -0.2) is 19.2 Å². The fraction of sp³-hybridized carbons (Fsp3) is 0.571. The lowest BCUT2D eigenvalue weighted by Gasteiger charge is -2.22. The van der Waals surface area contributed by atoms with E-state index in [0.29, 0.717) is 24.9 Å². The number of amides is 2. The average molecular weight is 597 g/mol. The number of nitrogens with one attached hydrogen (secondary N) is 2. The van der Waals surface area contributed by atoms with Gasteiger partial charge < -0.3 is 39.4 Å². The van der Waals surface area contributed by atoms with Gasteiger partial charge in [-0.05, 0) is 59.1 Å². The number of unbranched alkanes of at least 4 members (excludes halogenated alkanes) is 1. The zero-order chi connectivity index (χ0) is 31.7. The summed E-state index contributed by atoms with van der Waals surface area (Å²) in [4.78, 5) is 73.3. The summed E-state index contributed by atoms with van der Waals surface area (Å²) < 4.78 is 24.7. The van der Waals surface area contributed by atoms with Crippen molar-refractivity contribution in [1.29, 1.82) is 0 Å². The Bertz CT molecular complexity index is 1050. The van der Waals surface area contributed by atoms with Gasteiger partial charge in [0.25, 0.3) is 11.8 Å². The highest BCUT2D eigenvalue weighted by Crippen LogP contribution is 2.08. The number of hydrogen-bond acceptors (Lipinski definition) is 12. The Kier molecular flexibility index (Phi) is 16.4. The highest BCUT2D eigenvalue weighted by molar-refractivity contribution is 5.94. The van der Waals surface area contributed by atoms with Crippen LogP contribution in [-0.4, -0.2) is 98.1 Å². The standard InChI is InChI=1S/C28H40N2O12/c1-17(31)25(34)41-19(3)27(36)42-20(4)26(35)40-18(2)23(32)30-22(28(37)39-16-15-38-5)13-9-10-14-29-24(33)21-11-7-6-8-12-21/h6-8,11-12,17-20,22,31H,9-10,13-16H2,1-5H3,(H,29,33)(H,30,32). The van der Waals surface area contributed by atoms with Crippen molar-refractivity contribution in [1.82, 2.24) is 10.6 Å². The molecular formula is C28H40N2O12. The molecule has 0 bridgehead atoms.